The average Bonchev–Trinajstić information content (AvgIpc) is 2.89. The van der Waals surface area contributed by atoms with E-state index >= 15 is 0 Å². The molecule has 2 N–H and O–H groups in total. The number of aryl methyl sites for hydroxylation is 1. The number of aliphatic hydroxyl groups excluding tert-OH is 1. The van der Waals surface area contributed by atoms with E-state index in [1.807, 2.05) is 0 Å². The Labute approximate surface area is 107 Å². The first-order chi connectivity index (χ1) is 8.56. The maximum Gasteiger partial charge on any atom is 0.243 e. The van der Waals surface area contributed by atoms with Crippen molar-refractivity contribution in [2.45, 2.75) is 43.7 Å². The highest BCUT2D eigenvalue weighted by Gasteiger charge is 2.38. The third kappa shape index (κ3) is 3.09. The van der Waals surface area contributed by atoms with Crippen LogP contribution in [0.1, 0.15) is 26.2 Å². The van der Waals surface area contributed by atoms with Gasteiger partial charge in [0.25, 0.3) is 0 Å². The number of nitrogens with one attached hydrogen (secondary N) is 1. The summed E-state index contributed by atoms with van der Waals surface area (Å²) in [6.07, 6.45) is 5.34. The quantitative estimate of drug-likeness (QED) is 0.750. The van der Waals surface area contributed by atoms with Gasteiger partial charge >= 0.3 is 0 Å². The Hall–Kier alpha value is -0.920. The summed E-state index contributed by atoms with van der Waals surface area (Å²) in [4.78, 5) is 0.196. The standard InChI is InChI=1S/C11H19N3O3S/c1-2-9-6-11(9)13-18(16,17)10-7-12-14(8-10)4-3-5-15/h7-9,11,13,15H,2-6H2,1H3. The molecule has 0 spiro atoms. The highest BCUT2D eigenvalue weighted by molar-refractivity contribution is 7.89. The maximum atomic E-state index is 12.0. The van der Waals surface area contributed by atoms with Gasteiger partial charge in [-0.2, -0.15) is 5.10 Å². The van der Waals surface area contributed by atoms with Gasteiger partial charge in [-0.05, 0) is 18.8 Å². The van der Waals surface area contributed by atoms with E-state index in [9.17, 15) is 8.42 Å². The lowest BCUT2D eigenvalue weighted by atomic mass is 10.3. The third-order valence-electron chi connectivity index (χ3n) is 3.22. The second kappa shape index (κ2) is 5.38. The lowest BCUT2D eigenvalue weighted by molar-refractivity contribution is 0.277. The molecule has 1 heterocycles. The fraction of sp³-hybridized carbons (Fsp3) is 0.727. The molecule has 6 nitrogen and oxygen atoms in total. The summed E-state index contributed by atoms with van der Waals surface area (Å²) in [6.45, 7) is 2.65. The molecule has 1 aliphatic carbocycles. The fourth-order valence-electron chi connectivity index (χ4n) is 1.95. The molecule has 1 aliphatic rings. The number of rotatable bonds is 7. The monoisotopic (exact) mass is 273 g/mol. The van der Waals surface area contributed by atoms with Crippen molar-refractivity contribution in [1.29, 1.82) is 0 Å². The Morgan fingerprint density at radius 2 is 2.39 bits per heavy atom. The lowest BCUT2D eigenvalue weighted by Crippen LogP contribution is -2.26. The van der Waals surface area contributed by atoms with Gasteiger partial charge in [0.1, 0.15) is 4.90 Å². The first-order valence-corrected chi connectivity index (χ1v) is 7.70. The molecule has 0 aliphatic heterocycles. The van der Waals surface area contributed by atoms with Crippen molar-refractivity contribution in [2.24, 2.45) is 5.92 Å². The van der Waals surface area contributed by atoms with Gasteiger partial charge in [0.15, 0.2) is 0 Å². The number of hydrogen-bond acceptors (Lipinski definition) is 4. The molecule has 2 atom stereocenters. The second-order valence-corrected chi connectivity index (χ2v) is 6.36. The van der Waals surface area contributed by atoms with Gasteiger partial charge in [0.2, 0.25) is 10.0 Å². The van der Waals surface area contributed by atoms with Crippen LogP contribution in [0.2, 0.25) is 0 Å². The molecule has 7 heteroatoms. The first-order valence-electron chi connectivity index (χ1n) is 6.22. The van der Waals surface area contributed by atoms with Crippen LogP contribution >= 0.6 is 0 Å². The highest BCUT2D eigenvalue weighted by atomic mass is 32.2. The fourth-order valence-corrected chi connectivity index (χ4v) is 3.22. The molecular weight excluding hydrogens is 254 g/mol. The Morgan fingerprint density at radius 3 is 3.00 bits per heavy atom. The predicted molar refractivity (Wildman–Crippen MR) is 66.4 cm³/mol. The van der Waals surface area contributed by atoms with Crippen LogP contribution in [-0.2, 0) is 16.6 Å². The maximum absolute atomic E-state index is 12.0. The first kappa shape index (κ1) is 13.5. The van der Waals surface area contributed by atoms with Gasteiger partial charge in [-0.25, -0.2) is 13.1 Å². The molecule has 0 bridgehead atoms. The zero-order valence-electron chi connectivity index (χ0n) is 10.4. The van der Waals surface area contributed by atoms with Gasteiger partial charge in [0.05, 0.1) is 6.20 Å². The minimum atomic E-state index is -3.44. The Bertz CT molecular complexity index is 497. The number of hydrogen-bond donors (Lipinski definition) is 2. The van der Waals surface area contributed by atoms with Crippen LogP contribution in [0.4, 0.5) is 0 Å². The molecule has 1 aromatic rings. The topological polar surface area (TPSA) is 84.2 Å². The van der Waals surface area contributed by atoms with E-state index in [4.69, 9.17) is 5.11 Å². The Morgan fingerprint density at radius 1 is 1.61 bits per heavy atom. The molecule has 1 fully saturated rings. The van der Waals surface area contributed by atoms with Gasteiger partial charge in [-0.15, -0.1) is 0 Å². The molecule has 1 saturated carbocycles. The van der Waals surface area contributed by atoms with Crippen molar-refractivity contribution >= 4 is 10.0 Å². The SMILES string of the molecule is CCC1CC1NS(=O)(=O)c1cnn(CCCO)c1. The Balaban J connectivity index is 1.99. The molecule has 102 valence electrons. The number of aliphatic hydroxyl groups is 1. The highest BCUT2D eigenvalue weighted by Crippen LogP contribution is 2.34. The van der Waals surface area contributed by atoms with Gasteiger partial charge in [-0.1, -0.05) is 13.3 Å². The summed E-state index contributed by atoms with van der Waals surface area (Å²) >= 11 is 0. The van der Waals surface area contributed by atoms with Crippen LogP contribution in [0.5, 0.6) is 0 Å². The Kier molecular flexibility index (Phi) is 4.04. The second-order valence-electron chi connectivity index (χ2n) is 4.65. The summed E-state index contributed by atoms with van der Waals surface area (Å²) in [7, 11) is -3.44. The third-order valence-corrected chi connectivity index (χ3v) is 4.66. The van der Waals surface area contributed by atoms with Crippen LogP contribution in [-0.4, -0.2) is 36.0 Å². The van der Waals surface area contributed by atoms with Gasteiger partial charge in [0, 0.05) is 25.4 Å². The molecule has 2 rings (SSSR count). The van der Waals surface area contributed by atoms with E-state index in [-0.39, 0.29) is 17.5 Å². The van der Waals surface area contributed by atoms with E-state index in [1.165, 1.54) is 17.1 Å². The zero-order chi connectivity index (χ0) is 13.2. The number of nitrogens with zero attached hydrogens (tertiary/aromatic N) is 2. The van der Waals surface area contributed by atoms with Crippen LogP contribution in [0.3, 0.4) is 0 Å². The predicted octanol–water partition coefficient (Wildman–Crippen LogP) is 0.342. The summed E-state index contributed by atoms with van der Waals surface area (Å²) < 4.78 is 28.3. The molecule has 2 unspecified atom stereocenters. The largest absolute Gasteiger partial charge is 0.396 e. The van der Waals surface area contributed by atoms with Gasteiger partial charge < -0.3 is 5.11 Å². The zero-order valence-corrected chi connectivity index (χ0v) is 11.2. The van der Waals surface area contributed by atoms with Crippen molar-refractivity contribution in [3.8, 4) is 0 Å². The summed E-state index contributed by atoms with van der Waals surface area (Å²) in [5.41, 5.74) is 0. The normalized spacial score (nSPS) is 23.2. The van der Waals surface area contributed by atoms with Crippen molar-refractivity contribution < 1.29 is 13.5 Å². The summed E-state index contributed by atoms with van der Waals surface area (Å²) in [5, 5.41) is 12.7. The molecule has 0 radical (unpaired) electrons. The smallest absolute Gasteiger partial charge is 0.243 e. The summed E-state index contributed by atoms with van der Waals surface area (Å²) in [5.74, 6) is 0.476. The van der Waals surface area contributed by atoms with Crippen LogP contribution in [0.15, 0.2) is 17.3 Å². The van der Waals surface area contributed by atoms with E-state index in [0.29, 0.717) is 18.9 Å². The molecule has 0 aromatic carbocycles. The van der Waals surface area contributed by atoms with E-state index in [0.717, 1.165) is 12.8 Å². The summed E-state index contributed by atoms with van der Waals surface area (Å²) in [6, 6.07) is 0.0841. The molecule has 1 aromatic heterocycles. The molecular formula is C11H19N3O3S. The van der Waals surface area contributed by atoms with Crippen molar-refractivity contribution in [3.05, 3.63) is 12.4 Å². The molecule has 0 amide bonds. The molecule has 18 heavy (non-hydrogen) atoms. The van der Waals surface area contributed by atoms with E-state index < -0.39 is 10.0 Å². The van der Waals surface area contributed by atoms with Crippen LogP contribution < -0.4 is 4.72 Å². The van der Waals surface area contributed by atoms with Gasteiger partial charge in [-0.3, -0.25) is 4.68 Å². The minimum absolute atomic E-state index is 0.0699. The van der Waals surface area contributed by atoms with Crippen molar-refractivity contribution in [3.63, 3.8) is 0 Å². The van der Waals surface area contributed by atoms with Crippen molar-refractivity contribution in [2.75, 3.05) is 6.61 Å². The number of sulfonamides is 1. The number of aromatic nitrogens is 2. The minimum Gasteiger partial charge on any atom is -0.396 e. The molecule has 0 saturated heterocycles. The van der Waals surface area contributed by atoms with E-state index in [1.54, 1.807) is 0 Å². The lowest BCUT2D eigenvalue weighted by Gasteiger charge is -2.03. The van der Waals surface area contributed by atoms with Crippen LogP contribution in [0, 0.1) is 5.92 Å². The van der Waals surface area contributed by atoms with Crippen molar-refractivity contribution in [1.82, 2.24) is 14.5 Å². The van der Waals surface area contributed by atoms with Crippen LogP contribution in [0.25, 0.3) is 0 Å². The average molecular weight is 273 g/mol. The van der Waals surface area contributed by atoms with E-state index in [2.05, 4.69) is 16.7 Å².